The number of benzene rings is 2. The molecule has 3 N–H and O–H groups in total. The van der Waals surface area contributed by atoms with E-state index in [1.54, 1.807) is 30.3 Å². The highest BCUT2D eigenvalue weighted by atomic mass is 16.2. The Morgan fingerprint density at radius 2 is 1.67 bits per heavy atom. The summed E-state index contributed by atoms with van der Waals surface area (Å²) in [6.45, 7) is 3.34. The quantitative estimate of drug-likeness (QED) is 0.732. The van der Waals surface area contributed by atoms with Crippen molar-refractivity contribution in [3.05, 3.63) is 59.7 Å². The van der Waals surface area contributed by atoms with Gasteiger partial charge >= 0.3 is 0 Å². The molecule has 1 atom stereocenters. The molecule has 2 aromatic rings. The molecule has 0 aliphatic heterocycles. The summed E-state index contributed by atoms with van der Waals surface area (Å²) in [5.74, 6) is -0.160. The molecular weight excluding hydrogens is 342 g/mol. The number of hydrogen-bond donors (Lipinski definition) is 3. The Morgan fingerprint density at radius 1 is 0.963 bits per heavy atom. The molecule has 140 valence electrons. The first-order valence-electron chi connectivity index (χ1n) is 9.01. The molecule has 0 spiro atoms. The fourth-order valence-corrected chi connectivity index (χ4v) is 2.75. The molecule has 27 heavy (non-hydrogen) atoms. The van der Waals surface area contributed by atoms with Gasteiger partial charge in [0.05, 0.1) is 6.04 Å². The zero-order chi connectivity index (χ0) is 19.4. The molecule has 0 aromatic heterocycles. The van der Waals surface area contributed by atoms with Gasteiger partial charge in [0.15, 0.2) is 0 Å². The minimum absolute atomic E-state index is 0.0416. The zero-order valence-corrected chi connectivity index (χ0v) is 15.4. The van der Waals surface area contributed by atoms with E-state index in [0.717, 1.165) is 18.4 Å². The van der Waals surface area contributed by atoms with Crippen molar-refractivity contribution in [1.82, 2.24) is 5.32 Å². The van der Waals surface area contributed by atoms with Gasteiger partial charge in [0.25, 0.3) is 5.91 Å². The van der Waals surface area contributed by atoms with Crippen LogP contribution in [0.15, 0.2) is 48.5 Å². The number of amides is 3. The van der Waals surface area contributed by atoms with Gasteiger partial charge in [-0.2, -0.15) is 0 Å². The minimum atomic E-state index is -0.222. The van der Waals surface area contributed by atoms with Gasteiger partial charge in [0.1, 0.15) is 0 Å². The van der Waals surface area contributed by atoms with E-state index in [1.165, 1.54) is 6.92 Å². The SMILES string of the molecule is CC(=O)Nc1cccc(C(C)NC(=O)c2ccc(NC(=O)C3CC3)cc2)c1. The molecule has 1 aliphatic rings. The van der Waals surface area contributed by atoms with Crippen LogP contribution in [0.1, 0.15) is 48.7 Å². The van der Waals surface area contributed by atoms with Gasteiger partial charge in [-0.3, -0.25) is 14.4 Å². The van der Waals surface area contributed by atoms with Crippen LogP contribution >= 0.6 is 0 Å². The lowest BCUT2D eigenvalue weighted by atomic mass is 10.1. The average molecular weight is 365 g/mol. The lowest BCUT2D eigenvalue weighted by molar-refractivity contribution is -0.117. The number of carbonyl (C=O) groups excluding carboxylic acids is 3. The molecular formula is C21H23N3O3. The first-order chi connectivity index (χ1) is 12.9. The second kappa shape index (κ2) is 8.03. The topological polar surface area (TPSA) is 87.3 Å². The second-order valence-corrected chi connectivity index (χ2v) is 6.84. The maximum absolute atomic E-state index is 12.5. The fourth-order valence-electron chi connectivity index (χ4n) is 2.75. The van der Waals surface area contributed by atoms with Crippen molar-refractivity contribution in [1.29, 1.82) is 0 Å². The largest absolute Gasteiger partial charge is 0.346 e. The number of rotatable bonds is 6. The van der Waals surface area contributed by atoms with Crippen LogP contribution in [0, 0.1) is 5.92 Å². The third-order valence-electron chi connectivity index (χ3n) is 4.42. The van der Waals surface area contributed by atoms with Crippen molar-refractivity contribution in [3.63, 3.8) is 0 Å². The second-order valence-electron chi connectivity index (χ2n) is 6.84. The standard InChI is InChI=1S/C21H23N3O3/c1-13(17-4-3-5-19(12-17)23-14(2)25)22-20(26)16-8-10-18(11-9-16)24-21(27)15-6-7-15/h3-5,8-13,15H,6-7H2,1-2H3,(H,22,26)(H,23,25)(H,24,27). The third-order valence-corrected chi connectivity index (χ3v) is 4.42. The first-order valence-corrected chi connectivity index (χ1v) is 9.01. The predicted molar refractivity (Wildman–Crippen MR) is 104 cm³/mol. The smallest absolute Gasteiger partial charge is 0.251 e. The maximum atomic E-state index is 12.5. The molecule has 1 fully saturated rings. The van der Waals surface area contributed by atoms with Crippen LogP contribution < -0.4 is 16.0 Å². The Bertz CT molecular complexity index is 857. The van der Waals surface area contributed by atoms with E-state index in [9.17, 15) is 14.4 Å². The Hall–Kier alpha value is -3.15. The Balaban J connectivity index is 1.60. The van der Waals surface area contributed by atoms with E-state index in [2.05, 4.69) is 16.0 Å². The normalized spacial score (nSPS) is 14.1. The molecule has 3 amide bonds. The molecule has 6 nitrogen and oxygen atoms in total. The van der Waals surface area contributed by atoms with E-state index < -0.39 is 0 Å². The highest BCUT2D eigenvalue weighted by molar-refractivity contribution is 5.97. The molecule has 1 saturated carbocycles. The fraction of sp³-hybridized carbons (Fsp3) is 0.286. The summed E-state index contributed by atoms with van der Waals surface area (Å²) < 4.78 is 0. The average Bonchev–Trinajstić information content (AvgIpc) is 3.47. The summed E-state index contributed by atoms with van der Waals surface area (Å²) in [6, 6.07) is 14.0. The summed E-state index contributed by atoms with van der Waals surface area (Å²) in [4.78, 5) is 35.4. The van der Waals surface area contributed by atoms with Crippen molar-refractivity contribution in [2.75, 3.05) is 10.6 Å². The van der Waals surface area contributed by atoms with E-state index in [0.29, 0.717) is 16.9 Å². The van der Waals surface area contributed by atoms with E-state index >= 15 is 0 Å². The van der Waals surface area contributed by atoms with Gasteiger partial charge in [-0.25, -0.2) is 0 Å². The Morgan fingerprint density at radius 3 is 2.30 bits per heavy atom. The first kappa shape index (κ1) is 18.6. The molecule has 0 saturated heterocycles. The van der Waals surface area contributed by atoms with Crippen LogP contribution in [-0.4, -0.2) is 17.7 Å². The predicted octanol–water partition coefficient (Wildman–Crippen LogP) is 3.48. The highest BCUT2D eigenvalue weighted by Crippen LogP contribution is 2.30. The van der Waals surface area contributed by atoms with Gasteiger partial charge in [-0.1, -0.05) is 12.1 Å². The van der Waals surface area contributed by atoms with Crippen molar-refractivity contribution >= 4 is 29.1 Å². The molecule has 1 aliphatic carbocycles. The van der Waals surface area contributed by atoms with Crippen LogP contribution in [0.2, 0.25) is 0 Å². The molecule has 3 rings (SSSR count). The maximum Gasteiger partial charge on any atom is 0.251 e. The summed E-state index contributed by atoms with van der Waals surface area (Å²) in [5, 5.41) is 8.53. The minimum Gasteiger partial charge on any atom is -0.346 e. The van der Waals surface area contributed by atoms with Gasteiger partial charge < -0.3 is 16.0 Å². The summed E-state index contributed by atoms with van der Waals surface area (Å²) in [7, 11) is 0. The van der Waals surface area contributed by atoms with Crippen LogP contribution in [-0.2, 0) is 9.59 Å². The summed E-state index contributed by atoms with van der Waals surface area (Å²) >= 11 is 0. The lowest BCUT2D eigenvalue weighted by Crippen LogP contribution is -2.26. The number of anilines is 2. The highest BCUT2D eigenvalue weighted by Gasteiger charge is 2.29. The van der Waals surface area contributed by atoms with Gasteiger partial charge in [-0.15, -0.1) is 0 Å². The molecule has 0 heterocycles. The summed E-state index contributed by atoms with van der Waals surface area (Å²) in [5.41, 5.74) is 2.79. The van der Waals surface area contributed by atoms with Crippen molar-refractivity contribution < 1.29 is 14.4 Å². The Kier molecular flexibility index (Phi) is 5.54. The van der Waals surface area contributed by atoms with Crippen LogP contribution in [0.3, 0.4) is 0 Å². The molecule has 1 unspecified atom stereocenters. The van der Waals surface area contributed by atoms with Crippen molar-refractivity contribution in [3.8, 4) is 0 Å². The molecule has 0 radical (unpaired) electrons. The van der Waals surface area contributed by atoms with Crippen LogP contribution in [0.4, 0.5) is 11.4 Å². The van der Waals surface area contributed by atoms with Crippen molar-refractivity contribution in [2.24, 2.45) is 5.92 Å². The van der Waals surface area contributed by atoms with Gasteiger partial charge in [0, 0.05) is 29.8 Å². The molecule has 2 aromatic carbocycles. The van der Waals surface area contributed by atoms with Crippen LogP contribution in [0.5, 0.6) is 0 Å². The van der Waals surface area contributed by atoms with E-state index in [4.69, 9.17) is 0 Å². The molecule has 0 bridgehead atoms. The van der Waals surface area contributed by atoms with E-state index in [-0.39, 0.29) is 29.7 Å². The van der Waals surface area contributed by atoms with Gasteiger partial charge in [0.2, 0.25) is 11.8 Å². The summed E-state index contributed by atoms with van der Waals surface area (Å²) in [6.07, 6.45) is 1.90. The Labute approximate surface area is 158 Å². The number of nitrogens with one attached hydrogen (secondary N) is 3. The van der Waals surface area contributed by atoms with E-state index in [1.807, 2.05) is 25.1 Å². The lowest BCUT2D eigenvalue weighted by Gasteiger charge is -2.16. The number of carbonyl (C=O) groups is 3. The number of hydrogen-bond acceptors (Lipinski definition) is 3. The zero-order valence-electron chi connectivity index (χ0n) is 15.4. The molecule has 6 heteroatoms. The third kappa shape index (κ3) is 5.17. The van der Waals surface area contributed by atoms with Crippen LogP contribution in [0.25, 0.3) is 0 Å². The monoisotopic (exact) mass is 365 g/mol. The van der Waals surface area contributed by atoms with Gasteiger partial charge in [-0.05, 0) is 61.7 Å². The van der Waals surface area contributed by atoms with Crippen molar-refractivity contribution in [2.45, 2.75) is 32.7 Å².